The second-order valence-electron chi connectivity index (χ2n) is 5.22. The number of nitrogens with zero attached hydrogens (tertiary/aromatic N) is 2. The maximum Gasteiger partial charge on any atom is 0.229 e. The monoisotopic (exact) mass is 342 g/mol. The Hall–Kier alpha value is -1.03. The van der Waals surface area contributed by atoms with Crippen LogP contribution in [0.3, 0.4) is 0 Å². The van der Waals surface area contributed by atoms with Gasteiger partial charge in [0.05, 0.1) is 17.2 Å². The van der Waals surface area contributed by atoms with Crippen LogP contribution in [-0.4, -0.2) is 20.7 Å². The number of fused-ring (bicyclic) bond motifs is 1. The first-order valence-electron chi connectivity index (χ1n) is 6.62. The van der Waals surface area contributed by atoms with E-state index in [-0.39, 0.29) is 17.9 Å². The fourth-order valence-electron chi connectivity index (χ4n) is 2.66. The van der Waals surface area contributed by atoms with Crippen LogP contribution in [0, 0.1) is 5.92 Å². The molecule has 2 unspecified atom stereocenters. The van der Waals surface area contributed by atoms with Crippen molar-refractivity contribution in [2.24, 2.45) is 5.92 Å². The van der Waals surface area contributed by atoms with Crippen LogP contribution in [0.5, 0.6) is 0 Å². The molecule has 6 heteroatoms. The average molecular weight is 344 g/mol. The van der Waals surface area contributed by atoms with Crippen LogP contribution in [0.2, 0.25) is 0 Å². The molecule has 0 saturated carbocycles. The van der Waals surface area contributed by atoms with E-state index < -0.39 is 3.79 Å². The van der Waals surface area contributed by atoms with Gasteiger partial charge in [0.1, 0.15) is 0 Å². The fourth-order valence-corrected chi connectivity index (χ4v) is 3.09. The summed E-state index contributed by atoms with van der Waals surface area (Å²) in [5.74, 6) is -0.238. The fraction of sp³-hybridized carbons (Fsp3) is 0.333. The van der Waals surface area contributed by atoms with Gasteiger partial charge in [-0.25, -0.2) is 0 Å². The lowest BCUT2D eigenvalue weighted by Crippen LogP contribution is -2.58. The van der Waals surface area contributed by atoms with E-state index in [2.05, 4.69) is 4.98 Å². The molecule has 1 aliphatic rings. The minimum Gasteiger partial charge on any atom is -0.306 e. The van der Waals surface area contributed by atoms with E-state index in [0.29, 0.717) is 6.42 Å². The molecule has 2 aromatic rings. The molecular weight excluding hydrogens is 331 g/mol. The highest BCUT2D eigenvalue weighted by atomic mass is 35.6. The van der Waals surface area contributed by atoms with E-state index in [1.165, 1.54) is 0 Å². The molecule has 0 N–H and O–H groups in total. The molecule has 3 rings (SSSR count). The highest BCUT2D eigenvalue weighted by Crippen LogP contribution is 2.44. The number of para-hydroxylation sites is 1. The number of halogens is 3. The smallest absolute Gasteiger partial charge is 0.229 e. The Balaban J connectivity index is 2.03. The molecule has 0 bridgehead atoms. The number of carbonyl (C=O) groups excluding carboxylic acids is 1. The van der Waals surface area contributed by atoms with Gasteiger partial charge in [-0.05, 0) is 12.1 Å². The van der Waals surface area contributed by atoms with Gasteiger partial charge in [0, 0.05) is 23.9 Å². The molecule has 0 spiro atoms. The average Bonchev–Trinajstić information content (AvgIpc) is 2.43. The van der Waals surface area contributed by atoms with Crippen molar-refractivity contribution in [1.82, 2.24) is 4.98 Å². The maximum atomic E-state index is 12.1. The SMILES string of the molecule is CC(C1CC(=O)N1c1cccc2cccnc12)C(Cl)(Cl)Cl. The molecule has 1 aromatic heterocycles. The summed E-state index contributed by atoms with van der Waals surface area (Å²) < 4.78 is -1.40. The van der Waals surface area contributed by atoms with Crippen molar-refractivity contribution in [3.8, 4) is 0 Å². The number of hydrogen-bond donors (Lipinski definition) is 0. The van der Waals surface area contributed by atoms with Gasteiger partial charge in [-0.15, -0.1) is 0 Å². The Morgan fingerprint density at radius 2 is 2.00 bits per heavy atom. The standard InChI is InChI=1S/C15H13Cl3N2O/c1-9(15(16,17)18)12-8-13(21)20(12)11-6-2-4-10-5-3-7-19-14(10)11/h2-7,9,12H,8H2,1H3. The Morgan fingerprint density at radius 3 is 2.67 bits per heavy atom. The van der Waals surface area contributed by atoms with Crippen molar-refractivity contribution in [2.75, 3.05) is 4.90 Å². The summed E-state index contributed by atoms with van der Waals surface area (Å²) in [5.41, 5.74) is 1.56. The first kappa shape index (κ1) is 14.9. The zero-order valence-corrected chi connectivity index (χ0v) is 13.5. The molecule has 3 nitrogen and oxygen atoms in total. The summed E-state index contributed by atoms with van der Waals surface area (Å²) >= 11 is 18.0. The van der Waals surface area contributed by atoms with Gasteiger partial charge >= 0.3 is 0 Å². The Labute approximate surface area is 137 Å². The largest absolute Gasteiger partial charge is 0.306 e. The predicted molar refractivity (Wildman–Crippen MR) is 87.1 cm³/mol. The van der Waals surface area contributed by atoms with Gasteiger partial charge in [0.15, 0.2) is 3.79 Å². The molecule has 2 atom stereocenters. The number of alkyl halides is 3. The van der Waals surface area contributed by atoms with Crippen LogP contribution in [0.25, 0.3) is 10.9 Å². The van der Waals surface area contributed by atoms with Crippen molar-refractivity contribution in [2.45, 2.75) is 23.2 Å². The molecule has 2 heterocycles. The highest BCUT2D eigenvalue weighted by Gasteiger charge is 2.47. The van der Waals surface area contributed by atoms with Gasteiger partial charge in [-0.1, -0.05) is 59.9 Å². The summed E-state index contributed by atoms with van der Waals surface area (Å²) in [4.78, 5) is 18.2. The summed E-state index contributed by atoms with van der Waals surface area (Å²) in [6.07, 6.45) is 2.10. The molecular formula is C15H13Cl3N2O. The van der Waals surface area contributed by atoms with E-state index >= 15 is 0 Å². The number of aromatic nitrogens is 1. The second kappa shape index (κ2) is 5.31. The number of carbonyl (C=O) groups is 1. The molecule has 21 heavy (non-hydrogen) atoms. The van der Waals surface area contributed by atoms with Crippen molar-refractivity contribution >= 4 is 57.3 Å². The normalized spacial score (nSPS) is 20.5. The van der Waals surface area contributed by atoms with Crippen molar-refractivity contribution in [1.29, 1.82) is 0 Å². The van der Waals surface area contributed by atoms with Gasteiger partial charge in [-0.3, -0.25) is 9.78 Å². The summed E-state index contributed by atoms with van der Waals surface area (Å²) in [5, 5.41) is 0.981. The number of benzene rings is 1. The molecule has 1 aromatic carbocycles. The molecule has 1 aliphatic heterocycles. The molecule has 1 fully saturated rings. The first-order valence-corrected chi connectivity index (χ1v) is 7.75. The summed E-state index contributed by atoms with van der Waals surface area (Å²) in [6, 6.07) is 9.45. The van der Waals surface area contributed by atoms with Gasteiger partial charge < -0.3 is 4.90 Å². The van der Waals surface area contributed by atoms with E-state index in [4.69, 9.17) is 34.8 Å². The quantitative estimate of drug-likeness (QED) is 0.600. The lowest BCUT2D eigenvalue weighted by molar-refractivity contribution is -0.124. The predicted octanol–water partition coefficient (Wildman–Crippen LogP) is 4.35. The lowest BCUT2D eigenvalue weighted by atomic mass is 9.89. The topological polar surface area (TPSA) is 33.2 Å². The van der Waals surface area contributed by atoms with Gasteiger partial charge in [0.2, 0.25) is 5.91 Å². The third-order valence-electron chi connectivity index (χ3n) is 3.95. The Morgan fingerprint density at radius 1 is 1.29 bits per heavy atom. The van der Waals surface area contributed by atoms with Crippen LogP contribution in [0.1, 0.15) is 13.3 Å². The maximum absolute atomic E-state index is 12.1. The van der Waals surface area contributed by atoms with Crippen LogP contribution >= 0.6 is 34.8 Å². The minimum absolute atomic E-state index is 0.0271. The van der Waals surface area contributed by atoms with Crippen molar-refractivity contribution < 1.29 is 4.79 Å². The zero-order chi connectivity index (χ0) is 15.2. The summed E-state index contributed by atoms with van der Waals surface area (Å²) in [6.45, 7) is 1.84. The molecule has 1 amide bonds. The van der Waals surface area contributed by atoms with Crippen LogP contribution in [-0.2, 0) is 4.79 Å². The van der Waals surface area contributed by atoms with E-state index in [1.807, 2.05) is 37.3 Å². The molecule has 110 valence electrons. The molecule has 1 saturated heterocycles. The van der Waals surface area contributed by atoms with Crippen molar-refractivity contribution in [3.05, 3.63) is 36.5 Å². The Bertz CT molecular complexity index is 693. The number of β-lactam (4-membered cyclic amide) rings is 1. The number of anilines is 1. The second-order valence-corrected chi connectivity index (χ2v) is 7.59. The number of rotatable bonds is 2. The lowest BCUT2D eigenvalue weighted by Gasteiger charge is -2.45. The third kappa shape index (κ3) is 2.59. The van der Waals surface area contributed by atoms with Gasteiger partial charge in [-0.2, -0.15) is 0 Å². The van der Waals surface area contributed by atoms with Crippen molar-refractivity contribution in [3.63, 3.8) is 0 Å². The van der Waals surface area contributed by atoms with Crippen LogP contribution < -0.4 is 4.90 Å². The van der Waals surface area contributed by atoms with E-state index in [9.17, 15) is 4.79 Å². The zero-order valence-electron chi connectivity index (χ0n) is 11.3. The van der Waals surface area contributed by atoms with Gasteiger partial charge in [0.25, 0.3) is 0 Å². The van der Waals surface area contributed by atoms with E-state index in [1.54, 1.807) is 11.1 Å². The van der Waals surface area contributed by atoms with Crippen LogP contribution in [0.15, 0.2) is 36.5 Å². The molecule has 0 aliphatic carbocycles. The van der Waals surface area contributed by atoms with E-state index in [0.717, 1.165) is 16.6 Å². The number of hydrogen-bond acceptors (Lipinski definition) is 2. The molecule has 0 radical (unpaired) electrons. The Kier molecular flexibility index (Phi) is 3.76. The summed E-state index contributed by atoms with van der Waals surface area (Å²) in [7, 11) is 0. The third-order valence-corrected chi connectivity index (χ3v) is 4.98. The minimum atomic E-state index is -1.40. The first-order chi connectivity index (χ1) is 9.89. The number of pyridine rings is 1. The number of amides is 1. The highest BCUT2D eigenvalue weighted by molar-refractivity contribution is 6.67. The van der Waals surface area contributed by atoms with Crippen LogP contribution in [0.4, 0.5) is 5.69 Å².